The molecule has 5 heteroatoms. The Balaban J connectivity index is 0.00000220. The molecule has 1 saturated heterocycles. The summed E-state index contributed by atoms with van der Waals surface area (Å²) < 4.78 is 0. The summed E-state index contributed by atoms with van der Waals surface area (Å²) in [4.78, 5) is 6.71. The third kappa shape index (κ3) is 7.00. The Morgan fingerprint density at radius 2 is 2.24 bits per heavy atom. The molecule has 2 rings (SSSR count). The van der Waals surface area contributed by atoms with Crippen LogP contribution in [-0.2, 0) is 0 Å². The van der Waals surface area contributed by atoms with Crippen LogP contribution in [0.1, 0.15) is 38.5 Å². The van der Waals surface area contributed by atoms with E-state index >= 15 is 0 Å². The number of rotatable bonds is 5. The molecule has 1 aliphatic carbocycles. The zero-order chi connectivity index (χ0) is 14.2. The molecular formula is C16H31IN4. The monoisotopic (exact) mass is 406 g/mol. The van der Waals surface area contributed by atoms with Gasteiger partial charge < -0.3 is 15.5 Å². The Labute approximate surface area is 146 Å². The van der Waals surface area contributed by atoms with Crippen molar-refractivity contribution >= 4 is 29.9 Å². The van der Waals surface area contributed by atoms with Gasteiger partial charge in [0.15, 0.2) is 5.96 Å². The number of halogens is 1. The van der Waals surface area contributed by atoms with Gasteiger partial charge >= 0.3 is 0 Å². The first-order chi connectivity index (χ1) is 9.78. The molecule has 1 heterocycles. The van der Waals surface area contributed by atoms with E-state index in [4.69, 9.17) is 0 Å². The lowest BCUT2D eigenvalue weighted by Crippen LogP contribution is -2.40. The number of allylic oxidation sites excluding steroid dienone is 1. The summed E-state index contributed by atoms with van der Waals surface area (Å²) in [7, 11) is 4.06. The maximum Gasteiger partial charge on any atom is 0.190 e. The number of guanidine groups is 1. The van der Waals surface area contributed by atoms with Gasteiger partial charge in [0.05, 0.1) is 0 Å². The summed E-state index contributed by atoms with van der Waals surface area (Å²) >= 11 is 0. The lowest BCUT2D eigenvalue weighted by Gasteiger charge is -2.17. The molecule has 2 N–H and O–H groups in total. The molecule has 0 aromatic heterocycles. The average Bonchev–Trinajstić information content (AvgIpc) is 2.89. The van der Waals surface area contributed by atoms with Crippen LogP contribution in [0.15, 0.2) is 16.6 Å². The second-order valence-corrected chi connectivity index (χ2v) is 6.15. The van der Waals surface area contributed by atoms with E-state index in [1.165, 1.54) is 45.2 Å². The van der Waals surface area contributed by atoms with Crippen LogP contribution in [0.2, 0.25) is 0 Å². The Morgan fingerprint density at radius 1 is 1.38 bits per heavy atom. The minimum Gasteiger partial charge on any atom is -0.356 e. The maximum absolute atomic E-state index is 4.31. The van der Waals surface area contributed by atoms with Crippen molar-refractivity contribution in [3.8, 4) is 0 Å². The van der Waals surface area contributed by atoms with Crippen LogP contribution >= 0.6 is 24.0 Å². The first-order valence-corrected chi connectivity index (χ1v) is 8.09. The summed E-state index contributed by atoms with van der Waals surface area (Å²) in [5.74, 6) is 1.72. The van der Waals surface area contributed by atoms with E-state index in [1.54, 1.807) is 5.57 Å². The Bertz CT molecular complexity index is 354. The molecule has 4 nitrogen and oxygen atoms in total. The predicted octanol–water partition coefficient (Wildman–Crippen LogP) is 2.61. The van der Waals surface area contributed by atoms with Crippen LogP contribution in [0.4, 0.5) is 0 Å². The molecule has 2 aliphatic rings. The molecule has 0 aromatic rings. The number of likely N-dealkylation sites (tertiary alicyclic amines) is 1. The minimum atomic E-state index is 0. The molecule has 0 radical (unpaired) electrons. The van der Waals surface area contributed by atoms with Crippen molar-refractivity contribution in [1.82, 2.24) is 15.5 Å². The van der Waals surface area contributed by atoms with Gasteiger partial charge in [0.2, 0.25) is 0 Å². The van der Waals surface area contributed by atoms with Crippen LogP contribution in [-0.4, -0.2) is 51.1 Å². The highest BCUT2D eigenvalue weighted by Crippen LogP contribution is 2.19. The molecule has 1 fully saturated rings. The normalized spacial score (nSPS) is 23.4. The summed E-state index contributed by atoms with van der Waals surface area (Å²) in [5.41, 5.74) is 1.62. The van der Waals surface area contributed by atoms with Gasteiger partial charge in [-0.1, -0.05) is 11.6 Å². The lowest BCUT2D eigenvalue weighted by molar-refractivity contribution is 0.394. The van der Waals surface area contributed by atoms with E-state index in [2.05, 4.69) is 33.6 Å². The lowest BCUT2D eigenvalue weighted by atomic mass is 9.97. The quantitative estimate of drug-likeness (QED) is 0.319. The Kier molecular flexibility index (Phi) is 9.31. The van der Waals surface area contributed by atoms with Crippen LogP contribution in [0.3, 0.4) is 0 Å². The predicted molar refractivity (Wildman–Crippen MR) is 102 cm³/mol. The van der Waals surface area contributed by atoms with E-state index in [0.717, 1.165) is 31.4 Å². The van der Waals surface area contributed by atoms with Crippen molar-refractivity contribution in [2.24, 2.45) is 10.9 Å². The Morgan fingerprint density at radius 3 is 2.86 bits per heavy atom. The molecule has 0 spiro atoms. The topological polar surface area (TPSA) is 39.7 Å². The molecular weight excluding hydrogens is 375 g/mol. The number of hydrogen-bond donors (Lipinski definition) is 2. The molecule has 0 saturated carbocycles. The van der Waals surface area contributed by atoms with E-state index < -0.39 is 0 Å². The van der Waals surface area contributed by atoms with Crippen LogP contribution < -0.4 is 10.6 Å². The molecule has 1 aliphatic heterocycles. The zero-order valence-corrected chi connectivity index (χ0v) is 15.9. The molecule has 0 aromatic carbocycles. The van der Waals surface area contributed by atoms with Crippen molar-refractivity contribution in [2.45, 2.75) is 38.5 Å². The largest absolute Gasteiger partial charge is 0.356 e. The summed E-state index contributed by atoms with van der Waals surface area (Å²) in [6, 6.07) is 0. The molecule has 21 heavy (non-hydrogen) atoms. The maximum atomic E-state index is 4.31. The van der Waals surface area contributed by atoms with Crippen molar-refractivity contribution < 1.29 is 0 Å². The third-order valence-electron chi connectivity index (χ3n) is 4.39. The highest BCUT2D eigenvalue weighted by Gasteiger charge is 2.19. The fourth-order valence-electron chi connectivity index (χ4n) is 3.13. The summed E-state index contributed by atoms with van der Waals surface area (Å²) in [6.07, 6.45) is 10.2. The highest BCUT2D eigenvalue weighted by molar-refractivity contribution is 14.0. The SMILES string of the molecule is CN=C(NCCC1=CCCCC1)NCC1CCN(C)C1.I. The summed E-state index contributed by atoms with van der Waals surface area (Å²) in [6.45, 7) is 4.46. The van der Waals surface area contributed by atoms with E-state index in [9.17, 15) is 0 Å². The van der Waals surface area contributed by atoms with Gasteiger partial charge in [-0.25, -0.2) is 0 Å². The van der Waals surface area contributed by atoms with E-state index in [0.29, 0.717) is 0 Å². The van der Waals surface area contributed by atoms with Gasteiger partial charge in [-0.2, -0.15) is 0 Å². The fraction of sp³-hybridized carbons (Fsp3) is 0.812. The number of nitrogens with zero attached hydrogens (tertiary/aromatic N) is 2. The highest BCUT2D eigenvalue weighted by atomic mass is 127. The van der Waals surface area contributed by atoms with Gasteiger partial charge in [0, 0.05) is 26.7 Å². The summed E-state index contributed by atoms with van der Waals surface area (Å²) in [5, 5.41) is 6.90. The van der Waals surface area contributed by atoms with E-state index in [1.807, 2.05) is 7.05 Å². The van der Waals surface area contributed by atoms with Crippen LogP contribution in [0.5, 0.6) is 0 Å². The molecule has 122 valence electrons. The average molecular weight is 406 g/mol. The number of hydrogen-bond acceptors (Lipinski definition) is 2. The van der Waals surface area contributed by atoms with Crippen LogP contribution in [0, 0.1) is 5.92 Å². The van der Waals surface area contributed by atoms with Crippen molar-refractivity contribution in [1.29, 1.82) is 0 Å². The standard InChI is InChI=1S/C16H30N4.HI/c1-17-16(19-12-15-9-11-20(2)13-15)18-10-8-14-6-4-3-5-7-14;/h6,15H,3-5,7-13H2,1-2H3,(H2,17,18,19);1H. The molecule has 0 bridgehead atoms. The van der Waals surface area contributed by atoms with Crippen molar-refractivity contribution in [2.75, 3.05) is 40.3 Å². The smallest absolute Gasteiger partial charge is 0.190 e. The van der Waals surface area contributed by atoms with Gasteiger partial charge in [-0.3, -0.25) is 4.99 Å². The van der Waals surface area contributed by atoms with Gasteiger partial charge in [0.25, 0.3) is 0 Å². The van der Waals surface area contributed by atoms with Gasteiger partial charge in [-0.15, -0.1) is 24.0 Å². The third-order valence-corrected chi connectivity index (χ3v) is 4.39. The second-order valence-electron chi connectivity index (χ2n) is 6.15. The fourth-order valence-corrected chi connectivity index (χ4v) is 3.13. The first kappa shape index (κ1) is 18.7. The van der Waals surface area contributed by atoms with Crippen molar-refractivity contribution in [3.63, 3.8) is 0 Å². The first-order valence-electron chi connectivity index (χ1n) is 8.09. The number of nitrogens with one attached hydrogen (secondary N) is 2. The zero-order valence-electron chi connectivity index (χ0n) is 13.5. The van der Waals surface area contributed by atoms with E-state index in [-0.39, 0.29) is 24.0 Å². The number of aliphatic imine (C=N–C) groups is 1. The second kappa shape index (κ2) is 10.4. The van der Waals surface area contributed by atoms with Crippen LogP contribution in [0.25, 0.3) is 0 Å². The Hall–Kier alpha value is -0.300. The molecule has 1 unspecified atom stereocenters. The molecule has 0 amide bonds. The minimum absolute atomic E-state index is 0. The van der Waals surface area contributed by atoms with Gasteiger partial charge in [0.1, 0.15) is 0 Å². The van der Waals surface area contributed by atoms with Gasteiger partial charge in [-0.05, 0) is 58.0 Å². The van der Waals surface area contributed by atoms with Crippen molar-refractivity contribution in [3.05, 3.63) is 11.6 Å². The molecule has 1 atom stereocenters.